The van der Waals surface area contributed by atoms with Crippen molar-refractivity contribution >= 4 is 0 Å². The third kappa shape index (κ3) is 2.74. The number of ether oxygens (including phenoxy) is 1. The number of hydrogen-bond acceptors (Lipinski definition) is 1. The first-order valence-electron chi connectivity index (χ1n) is 3.98. The fourth-order valence-electron chi connectivity index (χ4n) is 0.902. The van der Waals surface area contributed by atoms with Crippen molar-refractivity contribution in [2.45, 2.75) is 25.9 Å². The second-order valence-corrected chi connectivity index (χ2v) is 2.57. The fourth-order valence-corrected chi connectivity index (χ4v) is 0.902. The van der Waals surface area contributed by atoms with Crippen molar-refractivity contribution in [1.82, 2.24) is 0 Å². The zero-order valence-corrected chi connectivity index (χ0v) is 6.72. The smallest absolute Gasteiger partial charge is 0.122 e. The average molecular weight is 156 g/mol. The molecule has 0 amide bonds. The van der Waals surface area contributed by atoms with Gasteiger partial charge < -0.3 is 4.74 Å². The van der Waals surface area contributed by atoms with Gasteiger partial charge in [-0.2, -0.15) is 0 Å². The molecule has 0 aliphatic heterocycles. The highest BCUT2D eigenvalue weighted by molar-refractivity contribution is 5.18. The summed E-state index contributed by atoms with van der Waals surface area (Å²) >= 11 is 0. The molecule has 0 N–H and O–H groups in total. The van der Waals surface area contributed by atoms with Crippen LogP contribution in [0, 0.1) is 0 Å². The van der Waals surface area contributed by atoms with Crippen LogP contribution in [0.25, 0.3) is 0 Å². The molecule has 1 atom stereocenters. The molecular weight excluding hydrogens is 143 g/mol. The molecule has 0 aromatic heterocycles. The van der Waals surface area contributed by atoms with E-state index >= 15 is 0 Å². The van der Waals surface area contributed by atoms with Gasteiger partial charge in [-0.05, 0) is 24.6 Å². The maximum atomic E-state index is 12.5. The lowest BCUT2D eigenvalue weighted by atomic mass is 10.1. The van der Waals surface area contributed by atoms with Crippen LogP contribution in [-0.4, -0.2) is 12.8 Å². The Morgan fingerprint density at radius 2 is 2.55 bits per heavy atom. The molecule has 0 fully saturated rings. The van der Waals surface area contributed by atoms with E-state index in [2.05, 4.69) is 0 Å². The van der Waals surface area contributed by atoms with Crippen LogP contribution in [0.2, 0.25) is 0 Å². The zero-order chi connectivity index (χ0) is 8.10. The van der Waals surface area contributed by atoms with E-state index in [1.165, 1.54) is 6.08 Å². The molecule has 62 valence electrons. The van der Waals surface area contributed by atoms with Crippen LogP contribution in [0.5, 0.6) is 0 Å². The Balaban J connectivity index is 2.31. The minimum Gasteiger partial charge on any atom is -0.494 e. The minimum atomic E-state index is -0.816. The van der Waals surface area contributed by atoms with Gasteiger partial charge in [0.2, 0.25) is 0 Å². The van der Waals surface area contributed by atoms with Crippen LogP contribution < -0.4 is 0 Å². The lowest BCUT2D eigenvalue weighted by Gasteiger charge is -2.10. The summed E-state index contributed by atoms with van der Waals surface area (Å²) < 4.78 is 17.8. The van der Waals surface area contributed by atoms with Gasteiger partial charge >= 0.3 is 0 Å². The molecule has 1 unspecified atom stereocenters. The van der Waals surface area contributed by atoms with E-state index in [-0.39, 0.29) is 0 Å². The van der Waals surface area contributed by atoms with Gasteiger partial charge in [-0.25, -0.2) is 4.39 Å². The topological polar surface area (TPSA) is 9.23 Å². The predicted octanol–water partition coefficient (Wildman–Crippen LogP) is 2.59. The highest BCUT2D eigenvalue weighted by Gasteiger charge is 2.05. The Bertz CT molecular complexity index is 172. The van der Waals surface area contributed by atoms with Gasteiger partial charge in [-0.1, -0.05) is 6.92 Å². The van der Waals surface area contributed by atoms with E-state index in [1.807, 2.05) is 6.92 Å². The van der Waals surface area contributed by atoms with Crippen LogP contribution in [0.4, 0.5) is 4.39 Å². The Labute approximate surface area is 66.6 Å². The molecule has 1 nitrogen and oxygen atoms in total. The fraction of sp³-hybridized carbons (Fsp3) is 0.556. The van der Waals surface area contributed by atoms with E-state index in [4.69, 9.17) is 4.74 Å². The Kier molecular flexibility index (Phi) is 3.14. The van der Waals surface area contributed by atoms with Gasteiger partial charge in [-0.15, -0.1) is 0 Å². The highest BCUT2D eigenvalue weighted by Crippen LogP contribution is 2.13. The molecule has 0 radical (unpaired) electrons. The van der Waals surface area contributed by atoms with Crippen molar-refractivity contribution in [2.75, 3.05) is 6.61 Å². The third-order valence-corrected chi connectivity index (χ3v) is 1.49. The normalized spacial score (nSPS) is 23.1. The SMILES string of the molecule is CCCOC1=CCC(F)C=C1. The lowest BCUT2D eigenvalue weighted by Crippen LogP contribution is -2.01. The molecule has 1 rings (SSSR count). The molecule has 0 bridgehead atoms. The number of halogens is 1. The van der Waals surface area contributed by atoms with Gasteiger partial charge in [0.05, 0.1) is 6.61 Å². The van der Waals surface area contributed by atoms with Gasteiger partial charge in [0.25, 0.3) is 0 Å². The van der Waals surface area contributed by atoms with Crippen LogP contribution in [0.3, 0.4) is 0 Å². The molecule has 2 heteroatoms. The summed E-state index contributed by atoms with van der Waals surface area (Å²) in [5.41, 5.74) is 0. The van der Waals surface area contributed by atoms with Crippen molar-refractivity contribution in [1.29, 1.82) is 0 Å². The molecular formula is C9H13FO. The minimum absolute atomic E-state index is 0.454. The first-order chi connectivity index (χ1) is 5.33. The number of rotatable bonds is 3. The predicted molar refractivity (Wildman–Crippen MR) is 43.0 cm³/mol. The summed E-state index contributed by atoms with van der Waals surface area (Å²) in [5, 5.41) is 0. The summed E-state index contributed by atoms with van der Waals surface area (Å²) in [5.74, 6) is 0.806. The van der Waals surface area contributed by atoms with E-state index in [0.717, 1.165) is 12.2 Å². The second kappa shape index (κ2) is 4.16. The molecule has 0 saturated heterocycles. The monoisotopic (exact) mass is 156 g/mol. The van der Waals surface area contributed by atoms with E-state index in [9.17, 15) is 4.39 Å². The van der Waals surface area contributed by atoms with Crippen molar-refractivity contribution in [3.8, 4) is 0 Å². The molecule has 0 heterocycles. The summed E-state index contributed by atoms with van der Waals surface area (Å²) in [6.07, 6.45) is 5.65. The average Bonchev–Trinajstić information content (AvgIpc) is 2.04. The standard InChI is InChI=1S/C9H13FO/c1-2-7-11-9-5-3-8(10)4-6-9/h3,5-6,8H,2,4,7H2,1H3. The first-order valence-corrected chi connectivity index (χ1v) is 3.98. The quantitative estimate of drug-likeness (QED) is 0.610. The third-order valence-electron chi connectivity index (χ3n) is 1.49. The van der Waals surface area contributed by atoms with E-state index in [1.54, 1.807) is 12.2 Å². The summed E-state index contributed by atoms with van der Waals surface area (Å²) in [6, 6.07) is 0. The molecule has 0 spiro atoms. The maximum Gasteiger partial charge on any atom is 0.122 e. The van der Waals surface area contributed by atoms with Gasteiger partial charge in [0.1, 0.15) is 11.9 Å². The van der Waals surface area contributed by atoms with Gasteiger partial charge in [-0.3, -0.25) is 0 Å². The maximum absolute atomic E-state index is 12.5. The van der Waals surface area contributed by atoms with Crippen LogP contribution in [0.1, 0.15) is 19.8 Å². The summed E-state index contributed by atoms with van der Waals surface area (Å²) in [4.78, 5) is 0. The summed E-state index contributed by atoms with van der Waals surface area (Å²) in [7, 11) is 0. The van der Waals surface area contributed by atoms with E-state index in [0.29, 0.717) is 13.0 Å². The number of hydrogen-bond donors (Lipinski definition) is 0. The van der Waals surface area contributed by atoms with Crippen molar-refractivity contribution in [3.63, 3.8) is 0 Å². The number of allylic oxidation sites excluding steroid dienone is 3. The molecule has 1 aliphatic carbocycles. The molecule has 0 saturated carbocycles. The Morgan fingerprint density at radius 3 is 3.09 bits per heavy atom. The van der Waals surface area contributed by atoms with Gasteiger partial charge in [0, 0.05) is 6.42 Å². The molecule has 11 heavy (non-hydrogen) atoms. The highest BCUT2D eigenvalue weighted by atomic mass is 19.1. The lowest BCUT2D eigenvalue weighted by molar-refractivity contribution is 0.219. The largest absolute Gasteiger partial charge is 0.494 e. The zero-order valence-electron chi connectivity index (χ0n) is 6.72. The van der Waals surface area contributed by atoms with Crippen LogP contribution in [-0.2, 0) is 4.74 Å². The molecule has 0 aromatic rings. The molecule has 1 aliphatic rings. The summed E-state index contributed by atoms with van der Waals surface area (Å²) in [6.45, 7) is 2.76. The van der Waals surface area contributed by atoms with Crippen molar-refractivity contribution < 1.29 is 9.13 Å². The van der Waals surface area contributed by atoms with Crippen molar-refractivity contribution in [2.24, 2.45) is 0 Å². The number of alkyl halides is 1. The molecule has 0 aromatic carbocycles. The van der Waals surface area contributed by atoms with Gasteiger partial charge in [0.15, 0.2) is 0 Å². The second-order valence-electron chi connectivity index (χ2n) is 2.57. The van der Waals surface area contributed by atoms with Crippen molar-refractivity contribution in [3.05, 3.63) is 24.0 Å². The first kappa shape index (κ1) is 8.31. The van der Waals surface area contributed by atoms with E-state index < -0.39 is 6.17 Å². The van der Waals surface area contributed by atoms with Crippen LogP contribution >= 0.6 is 0 Å². The van der Waals surface area contributed by atoms with Crippen LogP contribution in [0.15, 0.2) is 24.0 Å². The Morgan fingerprint density at radius 1 is 1.73 bits per heavy atom. The Hall–Kier alpha value is -0.790.